The highest BCUT2D eigenvalue weighted by atomic mass is 16.5. The van der Waals surface area contributed by atoms with Crippen LogP contribution in [0.3, 0.4) is 0 Å². The van der Waals surface area contributed by atoms with Crippen LogP contribution in [0.1, 0.15) is 33.9 Å². The summed E-state index contributed by atoms with van der Waals surface area (Å²) < 4.78 is 5.87. The molecule has 0 radical (unpaired) electrons. The van der Waals surface area contributed by atoms with Gasteiger partial charge in [-0.25, -0.2) is 0 Å². The fraction of sp³-hybridized carbons (Fsp3) is 0.333. The summed E-state index contributed by atoms with van der Waals surface area (Å²) in [7, 11) is 0. The van der Waals surface area contributed by atoms with Gasteiger partial charge in [0.2, 0.25) is 0 Å². The zero-order chi connectivity index (χ0) is 14.7. The van der Waals surface area contributed by atoms with Gasteiger partial charge in [0.15, 0.2) is 0 Å². The van der Waals surface area contributed by atoms with Crippen LogP contribution < -0.4 is 10.5 Å². The van der Waals surface area contributed by atoms with Gasteiger partial charge in [0.1, 0.15) is 12.4 Å². The van der Waals surface area contributed by atoms with Crippen LogP contribution in [0.15, 0.2) is 36.4 Å². The molecule has 2 heteroatoms. The Balaban J connectivity index is 2.06. The number of benzene rings is 2. The number of ether oxygens (including phenoxy) is 1. The SMILES string of the molecule is Cc1ccc(OCC(N)c2ccc(C)cc2C)c(C)c1. The number of nitrogens with two attached hydrogens (primary N) is 1. The molecule has 1 unspecified atom stereocenters. The molecule has 1 atom stereocenters. The van der Waals surface area contributed by atoms with Gasteiger partial charge in [0.05, 0.1) is 6.04 Å². The van der Waals surface area contributed by atoms with Gasteiger partial charge < -0.3 is 10.5 Å². The standard InChI is InChI=1S/C18H23NO/c1-12-5-7-16(14(3)9-12)17(19)11-20-18-8-6-13(2)10-15(18)4/h5-10,17H,11,19H2,1-4H3. The van der Waals surface area contributed by atoms with Crippen LogP contribution in [0, 0.1) is 27.7 Å². The van der Waals surface area contributed by atoms with E-state index in [1.807, 2.05) is 6.07 Å². The molecule has 106 valence electrons. The lowest BCUT2D eigenvalue weighted by Gasteiger charge is -2.17. The van der Waals surface area contributed by atoms with E-state index in [-0.39, 0.29) is 6.04 Å². The van der Waals surface area contributed by atoms with Gasteiger partial charge >= 0.3 is 0 Å². The van der Waals surface area contributed by atoms with Crippen molar-refractivity contribution in [2.75, 3.05) is 6.61 Å². The molecule has 0 aliphatic rings. The Labute approximate surface area is 121 Å². The summed E-state index contributed by atoms with van der Waals surface area (Å²) in [5.41, 5.74) is 12.3. The van der Waals surface area contributed by atoms with E-state index in [4.69, 9.17) is 10.5 Å². The Morgan fingerprint density at radius 2 is 1.50 bits per heavy atom. The van der Waals surface area contributed by atoms with Crippen molar-refractivity contribution >= 4 is 0 Å². The second-order valence-electron chi connectivity index (χ2n) is 5.55. The molecule has 2 N–H and O–H groups in total. The number of rotatable bonds is 4. The lowest BCUT2D eigenvalue weighted by atomic mass is 10.0. The summed E-state index contributed by atoms with van der Waals surface area (Å²) in [4.78, 5) is 0. The summed E-state index contributed by atoms with van der Waals surface area (Å²) in [6, 6.07) is 12.4. The maximum Gasteiger partial charge on any atom is 0.122 e. The highest BCUT2D eigenvalue weighted by Gasteiger charge is 2.10. The van der Waals surface area contributed by atoms with Crippen molar-refractivity contribution in [2.24, 2.45) is 5.73 Å². The lowest BCUT2D eigenvalue weighted by molar-refractivity contribution is 0.288. The molecule has 0 aliphatic carbocycles. The predicted molar refractivity (Wildman–Crippen MR) is 84.3 cm³/mol. The number of aryl methyl sites for hydroxylation is 4. The molecule has 0 spiro atoms. The smallest absolute Gasteiger partial charge is 0.122 e. The second-order valence-corrected chi connectivity index (χ2v) is 5.55. The third-order valence-corrected chi connectivity index (χ3v) is 3.57. The molecule has 0 aliphatic heterocycles. The first-order valence-corrected chi connectivity index (χ1v) is 7.00. The molecule has 2 aromatic rings. The van der Waals surface area contributed by atoms with E-state index in [0.717, 1.165) is 16.9 Å². The fourth-order valence-electron chi connectivity index (χ4n) is 2.47. The lowest BCUT2D eigenvalue weighted by Crippen LogP contribution is -2.20. The van der Waals surface area contributed by atoms with Gasteiger partial charge in [-0.2, -0.15) is 0 Å². The minimum absolute atomic E-state index is 0.101. The monoisotopic (exact) mass is 269 g/mol. The maximum absolute atomic E-state index is 6.25. The highest BCUT2D eigenvalue weighted by Crippen LogP contribution is 2.22. The van der Waals surface area contributed by atoms with Crippen molar-refractivity contribution in [3.8, 4) is 5.75 Å². The largest absolute Gasteiger partial charge is 0.491 e. The number of hydrogen-bond acceptors (Lipinski definition) is 2. The van der Waals surface area contributed by atoms with Crippen LogP contribution in [0.2, 0.25) is 0 Å². The van der Waals surface area contributed by atoms with Crippen molar-refractivity contribution in [2.45, 2.75) is 33.7 Å². The minimum Gasteiger partial charge on any atom is -0.491 e. The van der Waals surface area contributed by atoms with Crippen LogP contribution in [-0.2, 0) is 0 Å². The van der Waals surface area contributed by atoms with Crippen LogP contribution in [-0.4, -0.2) is 6.61 Å². The molecule has 0 bridgehead atoms. The predicted octanol–water partition coefficient (Wildman–Crippen LogP) is 4.00. The quantitative estimate of drug-likeness (QED) is 0.910. The first-order valence-electron chi connectivity index (χ1n) is 7.00. The van der Waals surface area contributed by atoms with Crippen molar-refractivity contribution < 1.29 is 4.74 Å². The van der Waals surface area contributed by atoms with Gasteiger partial charge in [0.25, 0.3) is 0 Å². The normalized spacial score (nSPS) is 12.2. The molecule has 0 saturated heterocycles. The molecule has 0 amide bonds. The second kappa shape index (κ2) is 6.10. The Morgan fingerprint density at radius 3 is 2.10 bits per heavy atom. The Morgan fingerprint density at radius 1 is 0.900 bits per heavy atom. The molecule has 0 fully saturated rings. The van der Waals surface area contributed by atoms with E-state index < -0.39 is 0 Å². The van der Waals surface area contributed by atoms with Gasteiger partial charge in [-0.1, -0.05) is 41.5 Å². The van der Waals surface area contributed by atoms with Gasteiger partial charge in [-0.15, -0.1) is 0 Å². The van der Waals surface area contributed by atoms with E-state index in [9.17, 15) is 0 Å². The zero-order valence-corrected chi connectivity index (χ0v) is 12.7. The van der Waals surface area contributed by atoms with E-state index in [0.29, 0.717) is 6.61 Å². The van der Waals surface area contributed by atoms with Crippen molar-refractivity contribution in [1.29, 1.82) is 0 Å². The molecule has 0 heterocycles. The van der Waals surface area contributed by atoms with Gasteiger partial charge in [0, 0.05) is 0 Å². The minimum atomic E-state index is -0.101. The molecule has 2 rings (SSSR count). The van der Waals surface area contributed by atoms with E-state index in [1.54, 1.807) is 0 Å². The summed E-state index contributed by atoms with van der Waals surface area (Å²) in [5, 5.41) is 0. The summed E-state index contributed by atoms with van der Waals surface area (Å²) in [6.07, 6.45) is 0. The average Bonchev–Trinajstić information content (AvgIpc) is 2.37. The average molecular weight is 269 g/mol. The van der Waals surface area contributed by atoms with Crippen molar-refractivity contribution in [1.82, 2.24) is 0 Å². The molecule has 0 aromatic heterocycles. The van der Waals surface area contributed by atoms with Gasteiger partial charge in [-0.05, 0) is 50.5 Å². The van der Waals surface area contributed by atoms with Crippen molar-refractivity contribution in [3.63, 3.8) is 0 Å². The Hall–Kier alpha value is -1.80. The maximum atomic E-state index is 6.25. The zero-order valence-electron chi connectivity index (χ0n) is 12.7. The van der Waals surface area contributed by atoms with Gasteiger partial charge in [-0.3, -0.25) is 0 Å². The van der Waals surface area contributed by atoms with Crippen molar-refractivity contribution in [3.05, 3.63) is 64.2 Å². The first-order chi connectivity index (χ1) is 9.47. The molecular weight excluding hydrogens is 246 g/mol. The first kappa shape index (κ1) is 14.6. The Bertz CT molecular complexity index is 604. The molecule has 0 saturated carbocycles. The third-order valence-electron chi connectivity index (χ3n) is 3.57. The van der Waals surface area contributed by atoms with E-state index in [1.165, 1.54) is 16.7 Å². The third kappa shape index (κ3) is 3.40. The molecular formula is C18H23NO. The van der Waals surface area contributed by atoms with Crippen LogP contribution in [0.25, 0.3) is 0 Å². The molecule has 2 nitrogen and oxygen atoms in total. The molecule has 2 aromatic carbocycles. The Kier molecular flexibility index (Phi) is 4.46. The van der Waals surface area contributed by atoms with Crippen LogP contribution in [0.4, 0.5) is 0 Å². The summed E-state index contributed by atoms with van der Waals surface area (Å²) in [6.45, 7) is 8.82. The summed E-state index contributed by atoms with van der Waals surface area (Å²) >= 11 is 0. The van der Waals surface area contributed by atoms with E-state index in [2.05, 4.69) is 58.0 Å². The molecule has 20 heavy (non-hydrogen) atoms. The van der Waals surface area contributed by atoms with Crippen LogP contribution >= 0.6 is 0 Å². The van der Waals surface area contributed by atoms with E-state index >= 15 is 0 Å². The fourth-order valence-corrected chi connectivity index (χ4v) is 2.47. The topological polar surface area (TPSA) is 35.2 Å². The number of hydrogen-bond donors (Lipinski definition) is 1. The summed E-state index contributed by atoms with van der Waals surface area (Å²) in [5.74, 6) is 0.913. The van der Waals surface area contributed by atoms with Crippen LogP contribution in [0.5, 0.6) is 5.75 Å². The highest BCUT2D eigenvalue weighted by molar-refractivity contribution is 5.36.